The van der Waals surface area contributed by atoms with Crippen LogP contribution < -0.4 is 16.0 Å². The van der Waals surface area contributed by atoms with Gasteiger partial charge in [0.25, 0.3) is 0 Å². The van der Waals surface area contributed by atoms with Gasteiger partial charge in [-0.25, -0.2) is 4.98 Å². The maximum absolute atomic E-state index is 5.89. The first-order chi connectivity index (χ1) is 10.1. The van der Waals surface area contributed by atoms with Crippen LogP contribution in [0.2, 0.25) is 0 Å². The Morgan fingerprint density at radius 1 is 1.38 bits per heavy atom. The van der Waals surface area contributed by atoms with E-state index in [9.17, 15) is 0 Å². The van der Waals surface area contributed by atoms with Gasteiger partial charge in [-0.15, -0.1) is 0 Å². The largest absolute Gasteiger partial charge is 0.368 e. The van der Waals surface area contributed by atoms with Crippen molar-refractivity contribution in [2.45, 2.75) is 32.2 Å². The van der Waals surface area contributed by atoms with Gasteiger partial charge in [0.1, 0.15) is 5.52 Å². The summed E-state index contributed by atoms with van der Waals surface area (Å²) in [4.78, 5) is 15.6. The molecule has 2 aromatic rings. The molecule has 0 radical (unpaired) electrons. The molecule has 3 heterocycles. The molecule has 3 N–H and O–H groups in total. The zero-order valence-electron chi connectivity index (χ0n) is 12.8. The molecule has 0 bridgehead atoms. The third-order valence-corrected chi connectivity index (χ3v) is 4.12. The number of nitrogens with two attached hydrogens (primary N) is 1. The van der Waals surface area contributed by atoms with Crippen LogP contribution in [0, 0.1) is 0 Å². The van der Waals surface area contributed by atoms with Crippen LogP contribution in [-0.4, -0.2) is 41.1 Å². The smallest absolute Gasteiger partial charge is 0.222 e. The minimum Gasteiger partial charge on any atom is -0.368 e. The van der Waals surface area contributed by atoms with Crippen LogP contribution in [0.25, 0.3) is 11.0 Å². The SMILES string of the molecule is CN[C@@H]1CCN(c2nc(N)nc3cc(C(C)C)cnc23)C1. The first-order valence-electron chi connectivity index (χ1n) is 7.44. The van der Waals surface area contributed by atoms with E-state index < -0.39 is 0 Å². The molecule has 1 aliphatic rings. The average molecular weight is 286 g/mol. The van der Waals surface area contributed by atoms with Gasteiger partial charge >= 0.3 is 0 Å². The van der Waals surface area contributed by atoms with Crippen LogP contribution >= 0.6 is 0 Å². The van der Waals surface area contributed by atoms with Gasteiger partial charge < -0.3 is 16.0 Å². The fourth-order valence-electron chi connectivity index (χ4n) is 2.76. The van der Waals surface area contributed by atoms with Gasteiger partial charge in [0, 0.05) is 25.3 Å². The van der Waals surface area contributed by atoms with Gasteiger partial charge in [-0.2, -0.15) is 4.98 Å². The van der Waals surface area contributed by atoms with Gasteiger partial charge in [-0.05, 0) is 31.0 Å². The molecule has 3 rings (SSSR count). The Bertz CT molecular complexity index is 654. The Kier molecular flexibility index (Phi) is 3.63. The number of nitrogen functional groups attached to an aromatic ring is 1. The average Bonchev–Trinajstić information content (AvgIpc) is 2.94. The maximum Gasteiger partial charge on any atom is 0.222 e. The highest BCUT2D eigenvalue weighted by Crippen LogP contribution is 2.27. The fourth-order valence-corrected chi connectivity index (χ4v) is 2.76. The minimum absolute atomic E-state index is 0.313. The van der Waals surface area contributed by atoms with Crippen LogP contribution in [0.4, 0.5) is 11.8 Å². The summed E-state index contributed by atoms with van der Waals surface area (Å²) in [5.74, 6) is 1.58. The number of hydrogen-bond acceptors (Lipinski definition) is 6. The van der Waals surface area contributed by atoms with Crippen LogP contribution in [-0.2, 0) is 0 Å². The molecule has 0 amide bonds. The van der Waals surface area contributed by atoms with E-state index in [0.717, 1.165) is 36.4 Å². The molecule has 1 saturated heterocycles. The summed E-state index contributed by atoms with van der Waals surface area (Å²) in [5, 5.41) is 3.31. The molecule has 2 aromatic heterocycles. The van der Waals surface area contributed by atoms with E-state index in [1.54, 1.807) is 0 Å². The number of fused-ring (bicyclic) bond motifs is 1. The molecule has 0 spiro atoms. The molecular formula is C15H22N6. The summed E-state index contributed by atoms with van der Waals surface area (Å²) in [7, 11) is 1.99. The normalized spacial score (nSPS) is 18.9. The van der Waals surface area contributed by atoms with Crippen LogP contribution in [0.1, 0.15) is 31.7 Å². The van der Waals surface area contributed by atoms with E-state index >= 15 is 0 Å². The highest BCUT2D eigenvalue weighted by molar-refractivity contribution is 5.87. The summed E-state index contributed by atoms with van der Waals surface area (Å²) in [6, 6.07) is 2.56. The quantitative estimate of drug-likeness (QED) is 0.890. The summed E-state index contributed by atoms with van der Waals surface area (Å²) in [5.41, 5.74) is 8.73. The van der Waals surface area contributed by atoms with E-state index in [4.69, 9.17) is 5.73 Å². The Balaban J connectivity index is 2.06. The minimum atomic E-state index is 0.313. The fraction of sp³-hybridized carbons (Fsp3) is 0.533. The van der Waals surface area contributed by atoms with E-state index in [1.165, 1.54) is 5.56 Å². The van der Waals surface area contributed by atoms with Crippen molar-refractivity contribution >= 4 is 22.8 Å². The zero-order chi connectivity index (χ0) is 15.0. The van der Waals surface area contributed by atoms with Gasteiger partial charge in [-0.3, -0.25) is 4.98 Å². The van der Waals surface area contributed by atoms with Crippen molar-refractivity contribution < 1.29 is 0 Å². The lowest BCUT2D eigenvalue weighted by Crippen LogP contribution is -2.30. The van der Waals surface area contributed by atoms with Gasteiger partial charge in [0.2, 0.25) is 5.95 Å². The summed E-state index contributed by atoms with van der Waals surface area (Å²) < 4.78 is 0. The lowest BCUT2D eigenvalue weighted by atomic mass is 10.1. The third-order valence-electron chi connectivity index (χ3n) is 4.12. The van der Waals surface area contributed by atoms with E-state index in [2.05, 4.69) is 45.1 Å². The lowest BCUT2D eigenvalue weighted by molar-refractivity contribution is 0.616. The predicted molar refractivity (Wildman–Crippen MR) is 85.5 cm³/mol. The topological polar surface area (TPSA) is 80.0 Å². The first-order valence-corrected chi connectivity index (χ1v) is 7.44. The van der Waals surface area contributed by atoms with Crippen LogP contribution in [0.3, 0.4) is 0 Å². The number of rotatable bonds is 3. The number of likely N-dealkylation sites (N-methyl/N-ethyl adjacent to an activating group) is 1. The first kappa shape index (κ1) is 14.0. The number of aromatic nitrogens is 3. The molecule has 0 saturated carbocycles. The van der Waals surface area contributed by atoms with Gasteiger partial charge in [-0.1, -0.05) is 13.8 Å². The zero-order valence-corrected chi connectivity index (χ0v) is 12.8. The second kappa shape index (κ2) is 5.44. The van der Waals surface area contributed by atoms with Crippen molar-refractivity contribution in [2.24, 2.45) is 0 Å². The molecule has 21 heavy (non-hydrogen) atoms. The third kappa shape index (κ3) is 2.63. The molecule has 1 fully saturated rings. The second-order valence-electron chi connectivity index (χ2n) is 5.92. The van der Waals surface area contributed by atoms with Crippen molar-refractivity contribution in [3.05, 3.63) is 17.8 Å². The Morgan fingerprint density at radius 2 is 2.19 bits per heavy atom. The molecule has 1 aliphatic heterocycles. The van der Waals surface area contributed by atoms with E-state index in [1.807, 2.05) is 13.2 Å². The van der Waals surface area contributed by atoms with Gasteiger partial charge in [0.15, 0.2) is 5.82 Å². The van der Waals surface area contributed by atoms with Crippen LogP contribution in [0.15, 0.2) is 12.3 Å². The summed E-state index contributed by atoms with van der Waals surface area (Å²) in [6.07, 6.45) is 3.02. The number of anilines is 2. The molecule has 1 atom stereocenters. The summed E-state index contributed by atoms with van der Waals surface area (Å²) >= 11 is 0. The standard InChI is InChI=1S/C15H22N6/c1-9(2)10-6-12-13(18-7-10)14(20-15(16)19-12)21-5-4-11(8-21)17-3/h6-7,9,11,17H,4-5,8H2,1-3H3,(H2,16,19,20)/t11-/m1/s1. The molecule has 6 nitrogen and oxygen atoms in total. The maximum atomic E-state index is 5.89. The molecule has 0 aromatic carbocycles. The number of hydrogen-bond donors (Lipinski definition) is 2. The highest BCUT2D eigenvalue weighted by Gasteiger charge is 2.24. The number of nitrogens with one attached hydrogen (secondary N) is 1. The van der Waals surface area contributed by atoms with Crippen molar-refractivity contribution in [1.82, 2.24) is 20.3 Å². The number of nitrogens with zero attached hydrogens (tertiary/aromatic N) is 4. The van der Waals surface area contributed by atoms with E-state index in [0.29, 0.717) is 17.9 Å². The van der Waals surface area contributed by atoms with Crippen molar-refractivity contribution in [2.75, 3.05) is 30.8 Å². The van der Waals surface area contributed by atoms with E-state index in [-0.39, 0.29) is 0 Å². The second-order valence-corrected chi connectivity index (χ2v) is 5.92. The monoisotopic (exact) mass is 286 g/mol. The molecular weight excluding hydrogens is 264 g/mol. The highest BCUT2D eigenvalue weighted by atomic mass is 15.3. The summed E-state index contributed by atoms with van der Waals surface area (Å²) in [6.45, 7) is 6.18. The predicted octanol–water partition coefficient (Wildman–Crippen LogP) is 1.53. The molecule has 6 heteroatoms. The van der Waals surface area contributed by atoms with Crippen LogP contribution in [0.5, 0.6) is 0 Å². The Labute approximate surface area is 124 Å². The lowest BCUT2D eigenvalue weighted by Gasteiger charge is -2.19. The Morgan fingerprint density at radius 3 is 2.86 bits per heavy atom. The Hall–Kier alpha value is -1.95. The van der Waals surface area contributed by atoms with Gasteiger partial charge in [0.05, 0.1) is 5.52 Å². The van der Waals surface area contributed by atoms with Crippen molar-refractivity contribution in [1.29, 1.82) is 0 Å². The molecule has 0 unspecified atom stereocenters. The number of pyridine rings is 1. The van der Waals surface area contributed by atoms with Crippen molar-refractivity contribution in [3.8, 4) is 0 Å². The molecule has 0 aliphatic carbocycles. The molecule has 112 valence electrons. The van der Waals surface area contributed by atoms with Crippen molar-refractivity contribution in [3.63, 3.8) is 0 Å².